The maximum Gasteiger partial charge on any atom is 0.138 e. The van der Waals surface area contributed by atoms with Crippen molar-refractivity contribution in [2.75, 3.05) is 7.11 Å². The van der Waals surface area contributed by atoms with Gasteiger partial charge in [-0.25, -0.2) is 4.98 Å². The van der Waals surface area contributed by atoms with Gasteiger partial charge in [-0.3, -0.25) is 4.99 Å². The van der Waals surface area contributed by atoms with Gasteiger partial charge in [-0.05, 0) is 12.1 Å². The zero-order valence-corrected chi connectivity index (χ0v) is 12.6. The Morgan fingerprint density at radius 2 is 2.05 bits per heavy atom. The molecule has 110 valence electrons. The topological polar surface area (TPSA) is 39.4 Å². The summed E-state index contributed by atoms with van der Waals surface area (Å²) in [6.45, 7) is 0. The third kappa shape index (κ3) is 1.91. The number of imidazole rings is 1. The van der Waals surface area contributed by atoms with Gasteiger partial charge in [0.15, 0.2) is 0 Å². The molecule has 0 fully saturated rings. The van der Waals surface area contributed by atoms with Crippen LogP contribution >= 0.6 is 0 Å². The average molecular weight is 291 g/mol. The number of ether oxygens (including phenoxy) is 1. The number of aryl methyl sites for hydroxylation is 1. The minimum atomic E-state index is 0.305. The van der Waals surface area contributed by atoms with Crippen molar-refractivity contribution in [1.82, 2.24) is 9.55 Å². The van der Waals surface area contributed by atoms with Gasteiger partial charge in [0.2, 0.25) is 0 Å². The number of hydrogen-bond acceptors (Lipinski definition) is 3. The highest BCUT2D eigenvalue weighted by Gasteiger charge is 2.27. The molecule has 2 atom stereocenters. The van der Waals surface area contributed by atoms with Gasteiger partial charge in [0.1, 0.15) is 11.6 Å². The van der Waals surface area contributed by atoms with E-state index in [2.05, 4.69) is 33.9 Å². The molecule has 2 unspecified atom stereocenters. The first kappa shape index (κ1) is 13.1. The molecule has 0 saturated carbocycles. The van der Waals surface area contributed by atoms with Crippen LogP contribution in [-0.4, -0.2) is 22.9 Å². The molecule has 1 aliphatic carbocycles. The van der Waals surface area contributed by atoms with Crippen molar-refractivity contribution >= 4 is 22.8 Å². The molecule has 2 heterocycles. The second kappa shape index (κ2) is 4.98. The monoisotopic (exact) mass is 291 g/mol. The van der Waals surface area contributed by atoms with Gasteiger partial charge in [-0.1, -0.05) is 24.3 Å². The van der Waals surface area contributed by atoms with E-state index >= 15 is 0 Å². The van der Waals surface area contributed by atoms with Gasteiger partial charge >= 0.3 is 0 Å². The van der Waals surface area contributed by atoms with E-state index in [-0.39, 0.29) is 0 Å². The molecule has 0 spiro atoms. The molecule has 2 aliphatic rings. The van der Waals surface area contributed by atoms with Crippen LogP contribution in [0, 0.1) is 11.8 Å². The zero-order chi connectivity index (χ0) is 15.1. The Bertz CT molecular complexity index is 855. The van der Waals surface area contributed by atoms with Gasteiger partial charge in [0, 0.05) is 42.9 Å². The molecule has 4 heteroatoms. The fraction of sp³-hybridized carbons (Fsp3) is 0.222. The minimum absolute atomic E-state index is 0.305. The molecule has 1 aromatic heterocycles. The summed E-state index contributed by atoms with van der Waals surface area (Å²) < 4.78 is 7.42. The zero-order valence-electron chi connectivity index (χ0n) is 12.6. The van der Waals surface area contributed by atoms with Gasteiger partial charge in [0.05, 0.1) is 18.1 Å². The van der Waals surface area contributed by atoms with E-state index in [4.69, 9.17) is 9.72 Å². The predicted octanol–water partition coefficient (Wildman–Crippen LogP) is 3.37. The summed E-state index contributed by atoms with van der Waals surface area (Å²) in [4.78, 5) is 9.23. The first-order valence-corrected chi connectivity index (χ1v) is 7.37. The molecule has 2 aromatic rings. The van der Waals surface area contributed by atoms with Crippen molar-refractivity contribution in [2.45, 2.75) is 0 Å². The third-order valence-corrected chi connectivity index (χ3v) is 4.35. The van der Waals surface area contributed by atoms with Crippen LogP contribution in [-0.2, 0) is 7.05 Å². The lowest BCUT2D eigenvalue weighted by Crippen LogP contribution is -2.20. The first-order valence-electron chi connectivity index (χ1n) is 7.37. The average Bonchev–Trinajstić information content (AvgIpc) is 2.90. The van der Waals surface area contributed by atoms with Gasteiger partial charge in [0.25, 0.3) is 0 Å². The molecule has 0 amide bonds. The summed E-state index contributed by atoms with van der Waals surface area (Å²) in [5.41, 5.74) is 3.20. The van der Waals surface area contributed by atoms with E-state index in [1.807, 2.05) is 37.7 Å². The number of aliphatic imine (C=N–C) groups is 1. The Labute approximate surface area is 129 Å². The molecular weight excluding hydrogens is 274 g/mol. The molecule has 4 nitrogen and oxygen atoms in total. The maximum atomic E-state index is 5.30. The Morgan fingerprint density at radius 3 is 2.91 bits per heavy atom. The van der Waals surface area contributed by atoms with E-state index in [0.717, 1.165) is 28.2 Å². The highest BCUT2D eigenvalue weighted by atomic mass is 16.5. The van der Waals surface area contributed by atoms with Crippen molar-refractivity contribution in [3.63, 3.8) is 0 Å². The third-order valence-electron chi connectivity index (χ3n) is 4.35. The van der Waals surface area contributed by atoms with Crippen LogP contribution in [0.15, 0.2) is 53.7 Å². The Balaban J connectivity index is 1.85. The number of rotatable bonds is 2. The summed E-state index contributed by atoms with van der Waals surface area (Å²) >= 11 is 0. The summed E-state index contributed by atoms with van der Waals surface area (Å²) in [5.74, 6) is 2.42. The van der Waals surface area contributed by atoms with Crippen LogP contribution in [0.2, 0.25) is 0 Å². The van der Waals surface area contributed by atoms with Crippen LogP contribution in [0.3, 0.4) is 0 Å². The van der Waals surface area contributed by atoms with Gasteiger partial charge < -0.3 is 9.30 Å². The highest BCUT2D eigenvalue weighted by Crippen LogP contribution is 2.36. The quantitative estimate of drug-likeness (QED) is 0.851. The van der Waals surface area contributed by atoms with Crippen molar-refractivity contribution in [2.24, 2.45) is 23.9 Å². The molecule has 4 rings (SSSR count). The lowest BCUT2D eigenvalue weighted by molar-refractivity contribution is 0.415. The van der Waals surface area contributed by atoms with Crippen LogP contribution < -0.4 is 4.74 Å². The molecule has 0 saturated heterocycles. The van der Waals surface area contributed by atoms with E-state index < -0.39 is 0 Å². The normalized spacial score (nSPS) is 22.7. The second-order valence-corrected chi connectivity index (χ2v) is 5.60. The highest BCUT2D eigenvalue weighted by molar-refractivity contribution is 5.84. The number of allylic oxidation sites excluding steroid dienone is 5. The van der Waals surface area contributed by atoms with Crippen LogP contribution in [0.4, 0.5) is 0 Å². The summed E-state index contributed by atoms with van der Waals surface area (Å²) in [6.07, 6.45) is 12.5. The number of aromatic nitrogens is 2. The standard InChI is InChI=1S/C18H17N3O/c1-21-17-8-7-13(22-2)9-16(17)20-18(21)15-11-19-10-12-5-3-4-6-14(12)15/h3-12,14H,1-2H3. The molecule has 1 aromatic carbocycles. The number of methoxy groups -OCH3 is 1. The SMILES string of the molecule is COc1ccc2c(c1)nc(C1=CN=CC3C=CC=CC13)n2C. The lowest BCUT2D eigenvalue weighted by Gasteiger charge is -2.25. The number of nitrogens with zero attached hydrogens (tertiary/aromatic N) is 3. The minimum Gasteiger partial charge on any atom is -0.497 e. The largest absolute Gasteiger partial charge is 0.497 e. The summed E-state index contributed by atoms with van der Waals surface area (Å²) in [6, 6.07) is 5.98. The molecule has 0 bridgehead atoms. The Kier molecular flexibility index (Phi) is 2.96. The smallest absolute Gasteiger partial charge is 0.138 e. The molecule has 0 radical (unpaired) electrons. The van der Waals surface area contributed by atoms with Gasteiger partial charge in [-0.2, -0.15) is 0 Å². The molecular formula is C18H17N3O. The van der Waals surface area contributed by atoms with Crippen LogP contribution in [0.1, 0.15) is 5.82 Å². The van der Waals surface area contributed by atoms with E-state index in [1.165, 1.54) is 0 Å². The van der Waals surface area contributed by atoms with Crippen molar-refractivity contribution < 1.29 is 4.74 Å². The number of hydrogen-bond donors (Lipinski definition) is 0. The lowest BCUT2D eigenvalue weighted by atomic mass is 9.82. The number of benzene rings is 1. The van der Waals surface area contributed by atoms with Crippen LogP contribution in [0.25, 0.3) is 16.6 Å². The van der Waals surface area contributed by atoms with Crippen LogP contribution in [0.5, 0.6) is 5.75 Å². The number of fused-ring (bicyclic) bond motifs is 2. The molecule has 0 N–H and O–H groups in total. The first-order chi connectivity index (χ1) is 10.8. The second-order valence-electron chi connectivity index (χ2n) is 5.60. The Hall–Kier alpha value is -2.62. The molecule has 22 heavy (non-hydrogen) atoms. The van der Waals surface area contributed by atoms with E-state index in [0.29, 0.717) is 11.8 Å². The van der Waals surface area contributed by atoms with Crippen molar-refractivity contribution in [3.8, 4) is 5.75 Å². The summed E-state index contributed by atoms with van der Waals surface area (Å²) in [5, 5.41) is 0. The maximum absolute atomic E-state index is 5.30. The van der Waals surface area contributed by atoms with Crippen molar-refractivity contribution in [3.05, 3.63) is 54.5 Å². The van der Waals surface area contributed by atoms with E-state index in [9.17, 15) is 0 Å². The molecule has 1 aliphatic heterocycles. The fourth-order valence-electron chi connectivity index (χ4n) is 3.16. The van der Waals surface area contributed by atoms with E-state index in [1.54, 1.807) is 7.11 Å². The van der Waals surface area contributed by atoms with Gasteiger partial charge in [-0.15, -0.1) is 0 Å². The van der Waals surface area contributed by atoms with Crippen molar-refractivity contribution in [1.29, 1.82) is 0 Å². The summed E-state index contributed by atoms with van der Waals surface area (Å²) in [7, 11) is 3.72. The predicted molar refractivity (Wildman–Crippen MR) is 89.0 cm³/mol. The Morgan fingerprint density at radius 1 is 1.18 bits per heavy atom. The fourth-order valence-corrected chi connectivity index (χ4v) is 3.16.